The number of nitrogens with zero attached hydrogens (tertiary/aromatic N) is 1. The topological polar surface area (TPSA) is 66.5 Å². The van der Waals surface area contributed by atoms with Crippen LogP contribution in [0.15, 0.2) is 47.4 Å². The monoisotopic (exact) mass is 428 g/mol. The highest BCUT2D eigenvalue weighted by Crippen LogP contribution is 2.23. The van der Waals surface area contributed by atoms with Crippen LogP contribution in [0.2, 0.25) is 0 Å². The highest BCUT2D eigenvalue weighted by atomic mass is 32.2. The van der Waals surface area contributed by atoms with Crippen molar-refractivity contribution in [1.29, 1.82) is 0 Å². The van der Waals surface area contributed by atoms with Gasteiger partial charge in [0.15, 0.2) is 0 Å². The summed E-state index contributed by atoms with van der Waals surface area (Å²) in [6.45, 7) is 7.24. The zero-order valence-electron chi connectivity index (χ0n) is 18.1. The summed E-state index contributed by atoms with van der Waals surface area (Å²) in [5.41, 5.74) is 3.83. The van der Waals surface area contributed by atoms with Crippen molar-refractivity contribution in [3.63, 3.8) is 0 Å². The van der Waals surface area contributed by atoms with Gasteiger partial charge in [0.25, 0.3) is 5.91 Å². The second-order valence-electron chi connectivity index (χ2n) is 8.12. The molecule has 1 N–H and O–H groups in total. The van der Waals surface area contributed by atoms with E-state index >= 15 is 0 Å². The molecule has 2 aromatic rings. The molecule has 1 fully saturated rings. The molecular formula is C24H32N2O3S. The standard InChI is InChI=1S/C24H32N2O3S/c1-4-23(20-13-12-18(2)19(3)16-20)25-24(27)21-10-9-11-22(17-21)30(28,29)26-14-7-5-6-8-15-26/h9-13,16-17,23H,4-8,14-15H2,1-3H3,(H,25,27)/t23-/m1/s1. The van der Waals surface area contributed by atoms with E-state index in [4.69, 9.17) is 0 Å². The minimum atomic E-state index is -3.58. The SMILES string of the molecule is CC[C@@H](NC(=O)c1cccc(S(=O)(=O)N2CCCCCC2)c1)c1ccc(C)c(C)c1. The van der Waals surface area contributed by atoms with Gasteiger partial charge in [0.05, 0.1) is 10.9 Å². The molecule has 1 heterocycles. The second-order valence-corrected chi connectivity index (χ2v) is 10.1. The highest BCUT2D eigenvalue weighted by Gasteiger charge is 2.26. The molecule has 0 radical (unpaired) electrons. The predicted octanol–water partition coefficient (Wildman–Crippen LogP) is 4.75. The maximum Gasteiger partial charge on any atom is 0.251 e. The Balaban J connectivity index is 1.80. The third kappa shape index (κ3) is 5.10. The van der Waals surface area contributed by atoms with Crippen LogP contribution in [0.3, 0.4) is 0 Å². The molecule has 2 aromatic carbocycles. The van der Waals surface area contributed by atoms with E-state index in [0.717, 1.165) is 37.7 Å². The Bertz CT molecular complexity index is 993. The average Bonchev–Trinajstić information content (AvgIpc) is 3.04. The first-order valence-corrected chi connectivity index (χ1v) is 12.2. The van der Waals surface area contributed by atoms with Gasteiger partial charge < -0.3 is 5.32 Å². The van der Waals surface area contributed by atoms with Crippen molar-refractivity contribution in [1.82, 2.24) is 9.62 Å². The van der Waals surface area contributed by atoms with Gasteiger partial charge in [-0.25, -0.2) is 8.42 Å². The van der Waals surface area contributed by atoms with E-state index in [1.54, 1.807) is 22.5 Å². The molecule has 1 aliphatic heterocycles. The Morgan fingerprint density at radius 1 is 1.00 bits per heavy atom. The van der Waals surface area contributed by atoms with Gasteiger partial charge in [-0.15, -0.1) is 0 Å². The quantitative estimate of drug-likeness (QED) is 0.722. The smallest absolute Gasteiger partial charge is 0.251 e. The lowest BCUT2D eigenvalue weighted by Gasteiger charge is -2.21. The molecule has 1 saturated heterocycles. The largest absolute Gasteiger partial charge is 0.345 e. The maximum absolute atomic E-state index is 13.1. The van der Waals surface area contributed by atoms with Crippen molar-refractivity contribution in [2.45, 2.75) is 63.8 Å². The number of hydrogen-bond donors (Lipinski definition) is 1. The van der Waals surface area contributed by atoms with Gasteiger partial charge in [0.2, 0.25) is 10.0 Å². The van der Waals surface area contributed by atoms with Crippen LogP contribution >= 0.6 is 0 Å². The van der Waals surface area contributed by atoms with E-state index < -0.39 is 10.0 Å². The number of amides is 1. The van der Waals surface area contributed by atoms with Crippen molar-refractivity contribution >= 4 is 15.9 Å². The number of rotatable bonds is 6. The number of nitrogens with one attached hydrogen (secondary N) is 1. The molecule has 1 amide bonds. The molecule has 3 rings (SSSR count). The summed E-state index contributed by atoms with van der Waals surface area (Å²) in [6, 6.07) is 12.5. The van der Waals surface area contributed by atoms with Crippen LogP contribution < -0.4 is 5.32 Å². The Morgan fingerprint density at radius 2 is 1.70 bits per heavy atom. The van der Waals surface area contributed by atoms with E-state index in [-0.39, 0.29) is 16.8 Å². The lowest BCUT2D eigenvalue weighted by atomic mass is 9.99. The van der Waals surface area contributed by atoms with Gasteiger partial charge in [-0.2, -0.15) is 4.31 Å². The van der Waals surface area contributed by atoms with Crippen LogP contribution in [-0.2, 0) is 10.0 Å². The Labute approximate surface area is 180 Å². The summed E-state index contributed by atoms with van der Waals surface area (Å²) in [6.07, 6.45) is 4.64. The van der Waals surface area contributed by atoms with Crippen LogP contribution in [0.1, 0.15) is 72.1 Å². The Morgan fingerprint density at radius 3 is 2.33 bits per heavy atom. The molecule has 0 aromatic heterocycles. The number of carbonyl (C=O) groups excluding carboxylic acids is 1. The first kappa shape index (κ1) is 22.5. The molecule has 0 spiro atoms. The average molecular weight is 429 g/mol. The molecule has 0 bridgehead atoms. The molecule has 0 unspecified atom stereocenters. The van der Waals surface area contributed by atoms with Crippen molar-refractivity contribution in [3.05, 3.63) is 64.7 Å². The number of carbonyl (C=O) groups is 1. The van der Waals surface area contributed by atoms with Gasteiger partial charge in [-0.1, -0.05) is 44.0 Å². The molecular weight excluding hydrogens is 396 g/mol. The Kier molecular flexibility index (Phi) is 7.32. The van der Waals surface area contributed by atoms with E-state index in [0.29, 0.717) is 18.7 Å². The Hall–Kier alpha value is -2.18. The molecule has 0 saturated carbocycles. The summed E-state index contributed by atoms with van der Waals surface area (Å²) in [7, 11) is -3.58. The minimum Gasteiger partial charge on any atom is -0.345 e. The fourth-order valence-corrected chi connectivity index (χ4v) is 5.44. The molecule has 0 aliphatic carbocycles. The molecule has 162 valence electrons. The molecule has 30 heavy (non-hydrogen) atoms. The van der Waals surface area contributed by atoms with Crippen LogP contribution in [0.25, 0.3) is 0 Å². The van der Waals surface area contributed by atoms with E-state index in [1.807, 2.05) is 13.0 Å². The molecule has 5 nitrogen and oxygen atoms in total. The first-order valence-electron chi connectivity index (χ1n) is 10.8. The fraction of sp³-hybridized carbons (Fsp3) is 0.458. The van der Waals surface area contributed by atoms with E-state index in [9.17, 15) is 13.2 Å². The first-order chi connectivity index (χ1) is 14.3. The van der Waals surface area contributed by atoms with Crippen molar-refractivity contribution in [2.24, 2.45) is 0 Å². The fourth-order valence-electron chi connectivity index (χ4n) is 3.87. The van der Waals surface area contributed by atoms with Crippen LogP contribution in [0.4, 0.5) is 0 Å². The highest BCUT2D eigenvalue weighted by molar-refractivity contribution is 7.89. The zero-order chi connectivity index (χ0) is 21.7. The van der Waals surface area contributed by atoms with Gasteiger partial charge in [-0.05, 0) is 68.0 Å². The predicted molar refractivity (Wildman–Crippen MR) is 120 cm³/mol. The number of sulfonamides is 1. The van der Waals surface area contributed by atoms with Crippen molar-refractivity contribution < 1.29 is 13.2 Å². The maximum atomic E-state index is 13.1. The van der Waals surface area contributed by atoms with Gasteiger partial charge >= 0.3 is 0 Å². The third-order valence-electron chi connectivity index (χ3n) is 5.95. The summed E-state index contributed by atoms with van der Waals surface area (Å²) in [5.74, 6) is -0.256. The van der Waals surface area contributed by atoms with Crippen LogP contribution in [0, 0.1) is 13.8 Å². The lowest BCUT2D eigenvalue weighted by molar-refractivity contribution is 0.0935. The van der Waals surface area contributed by atoms with Crippen molar-refractivity contribution in [2.75, 3.05) is 13.1 Å². The summed E-state index contributed by atoms with van der Waals surface area (Å²) in [5, 5.41) is 3.07. The normalized spacial score (nSPS) is 16.6. The van der Waals surface area contributed by atoms with Gasteiger partial charge in [0, 0.05) is 18.7 Å². The summed E-state index contributed by atoms with van der Waals surface area (Å²) in [4.78, 5) is 13.1. The molecule has 6 heteroatoms. The molecule has 1 aliphatic rings. The third-order valence-corrected chi connectivity index (χ3v) is 7.84. The van der Waals surface area contributed by atoms with Gasteiger partial charge in [0.1, 0.15) is 0 Å². The van der Waals surface area contributed by atoms with Crippen molar-refractivity contribution in [3.8, 4) is 0 Å². The van der Waals surface area contributed by atoms with Crippen LogP contribution in [-0.4, -0.2) is 31.7 Å². The lowest BCUT2D eigenvalue weighted by Crippen LogP contribution is -2.32. The van der Waals surface area contributed by atoms with E-state index in [1.165, 1.54) is 17.2 Å². The van der Waals surface area contributed by atoms with Gasteiger partial charge in [-0.3, -0.25) is 4.79 Å². The summed E-state index contributed by atoms with van der Waals surface area (Å²) < 4.78 is 27.7. The van der Waals surface area contributed by atoms with Crippen LogP contribution in [0.5, 0.6) is 0 Å². The van der Waals surface area contributed by atoms with E-state index in [2.05, 4.69) is 31.3 Å². The second kappa shape index (κ2) is 9.75. The minimum absolute atomic E-state index is 0.123. The number of aryl methyl sites for hydroxylation is 2. The number of benzene rings is 2. The zero-order valence-corrected chi connectivity index (χ0v) is 19.0. The number of hydrogen-bond acceptors (Lipinski definition) is 3. The summed E-state index contributed by atoms with van der Waals surface area (Å²) >= 11 is 0. The molecule has 1 atom stereocenters.